The molecule has 17 heavy (non-hydrogen) atoms. The Bertz CT molecular complexity index is 513. The molecule has 0 fully saturated rings. The van der Waals surface area contributed by atoms with Crippen molar-refractivity contribution >= 4 is 28.6 Å². The van der Waals surface area contributed by atoms with Crippen LogP contribution in [0.5, 0.6) is 0 Å². The van der Waals surface area contributed by atoms with Crippen LogP contribution in [0.3, 0.4) is 0 Å². The van der Waals surface area contributed by atoms with Crippen molar-refractivity contribution in [2.24, 2.45) is 5.41 Å². The van der Waals surface area contributed by atoms with Crippen LogP contribution in [0.25, 0.3) is 11.2 Å². The van der Waals surface area contributed by atoms with Crippen LogP contribution < -0.4 is 5.32 Å². The molecule has 0 aliphatic rings. The van der Waals surface area contributed by atoms with E-state index in [0.717, 1.165) is 17.9 Å². The summed E-state index contributed by atoms with van der Waals surface area (Å²) in [6, 6.07) is 3.81. The van der Waals surface area contributed by atoms with Gasteiger partial charge in [0, 0.05) is 24.8 Å². The molecule has 0 saturated heterocycles. The number of alkyl halides is 1. The maximum absolute atomic E-state index is 5.87. The van der Waals surface area contributed by atoms with Crippen molar-refractivity contribution in [2.45, 2.75) is 13.8 Å². The van der Waals surface area contributed by atoms with Crippen LogP contribution in [0.15, 0.2) is 24.5 Å². The standard InChI is InChI=1S/C12H15ClN4/c1-12(2,7-13)8-16-10-4-3-9-11(17-10)15-6-5-14-9/h3-6H,7-8H2,1-2H3,(H,15,16,17). The molecular formula is C12H15ClN4. The molecule has 2 heterocycles. The van der Waals surface area contributed by atoms with Gasteiger partial charge in [-0.3, -0.25) is 4.98 Å². The van der Waals surface area contributed by atoms with Crippen molar-refractivity contribution < 1.29 is 0 Å². The lowest BCUT2D eigenvalue weighted by atomic mass is 9.97. The molecule has 90 valence electrons. The fraction of sp³-hybridized carbons (Fsp3) is 0.417. The lowest BCUT2D eigenvalue weighted by Gasteiger charge is -2.21. The van der Waals surface area contributed by atoms with Gasteiger partial charge in [0.1, 0.15) is 11.3 Å². The van der Waals surface area contributed by atoms with Crippen LogP contribution in [-0.2, 0) is 0 Å². The minimum atomic E-state index is 0.0422. The molecule has 2 aromatic rings. The third-order valence-corrected chi connectivity index (χ3v) is 3.16. The highest BCUT2D eigenvalue weighted by Gasteiger charge is 2.16. The van der Waals surface area contributed by atoms with Crippen molar-refractivity contribution in [3.05, 3.63) is 24.5 Å². The predicted octanol–water partition coefficient (Wildman–Crippen LogP) is 2.70. The molecule has 0 aliphatic heterocycles. The number of rotatable bonds is 4. The summed E-state index contributed by atoms with van der Waals surface area (Å²) in [5, 5.41) is 3.26. The zero-order valence-corrected chi connectivity index (χ0v) is 10.7. The second-order valence-electron chi connectivity index (χ2n) is 4.75. The van der Waals surface area contributed by atoms with E-state index in [9.17, 15) is 0 Å². The molecule has 2 rings (SSSR count). The van der Waals surface area contributed by atoms with E-state index < -0.39 is 0 Å². The van der Waals surface area contributed by atoms with E-state index in [1.165, 1.54) is 0 Å². The summed E-state index contributed by atoms with van der Waals surface area (Å²) >= 11 is 5.87. The van der Waals surface area contributed by atoms with Crippen LogP contribution >= 0.6 is 11.6 Å². The molecule has 4 nitrogen and oxygen atoms in total. The summed E-state index contributed by atoms with van der Waals surface area (Å²) in [5.41, 5.74) is 1.50. The Morgan fingerprint density at radius 1 is 1.24 bits per heavy atom. The van der Waals surface area contributed by atoms with Gasteiger partial charge in [-0.25, -0.2) is 9.97 Å². The minimum Gasteiger partial charge on any atom is -0.369 e. The first-order valence-electron chi connectivity index (χ1n) is 5.48. The number of nitrogens with zero attached hydrogens (tertiary/aromatic N) is 3. The third-order valence-electron chi connectivity index (χ3n) is 2.44. The quantitative estimate of drug-likeness (QED) is 0.848. The molecule has 0 unspecified atom stereocenters. The Balaban J connectivity index is 2.14. The molecule has 0 saturated carbocycles. The summed E-state index contributed by atoms with van der Waals surface area (Å²) < 4.78 is 0. The number of pyridine rings is 1. The maximum atomic E-state index is 5.87. The average Bonchev–Trinajstić information content (AvgIpc) is 2.36. The van der Waals surface area contributed by atoms with Crippen LogP contribution in [-0.4, -0.2) is 27.4 Å². The van der Waals surface area contributed by atoms with Gasteiger partial charge in [-0.1, -0.05) is 13.8 Å². The smallest absolute Gasteiger partial charge is 0.180 e. The number of fused-ring (bicyclic) bond motifs is 1. The highest BCUT2D eigenvalue weighted by atomic mass is 35.5. The van der Waals surface area contributed by atoms with Crippen molar-refractivity contribution in [2.75, 3.05) is 17.7 Å². The normalized spacial score (nSPS) is 11.7. The number of hydrogen-bond acceptors (Lipinski definition) is 4. The number of hydrogen-bond donors (Lipinski definition) is 1. The molecule has 5 heteroatoms. The Kier molecular flexibility index (Phi) is 3.43. The molecule has 0 aromatic carbocycles. The molecular weight excluding hydrogens is 236 g/mol. The van der Waals surface area contributed by atoms with Gasteiger partial charge in [0.05, 0.1) is 0 Å². The van der Waals surface area contributed by atoms with Gasteiger partial charge in [0.25, 0.3) is 0 Å². The summed E-state index contributed by atoms with van der Waals surface area (Å²) in [7, 11) is 0. The Hall–Kier alpha value is -1.42. The number of anilines is 1. The van der Waals surface area contributed by atoms with Crippen molar-refractivity contribution in [3.8, 4) is 0 Å². The molecule has 0 bridgehead atoms. The Morgan fingerprint density at radius 3 is 2.76 bits per heavy atom. The second-order valence-corrected chi connectivity index (χ2v) is 5.01. The average molecular weight is 251 g/mol. The van der Waals surface area contributed by atoms with Gasteiger partial charge >= 0.3 is 0 Å². The number of nitrogens with one attached hydrogen (secondary N) is 1. The minimum absolute atomic E-state index is 0.0422. The third kappa shape index (κ3) is 3.03. The van der Waals surface area contributed by atoms with Crippen LogP contribution in [0.4, 0.5) is 5.82 Å². The van der Waals surface area contributed by atoms with E-state index in [-0.39, 0.29) is 5.41 Å². The first-order valence-corrected chi connectivity index (χ1v) is 6.02. The lowest BCUT2D eigenvalue weighted by Crippen LogP contribution is -2.25. The van der Waals surface area contributed by atoms with Gasteiger partial charge in [-0.2, -0.15) is 0 Å². The van der Waals surface area contributed by atoms with Gasteiger partial charge in [-0.05, 0) is 17.5 Å². The van der Waals surface area contributed by atoms with Crippen LogP contribution in [0.2, 0.25) is 0 Å². The molecule has 1 N–H and O–H groups in total. The van der Waals surface area contributed by atoms with Crippen molar-refractivity contribution in [1.82, 2.24) is 15.0 Å². The van der Waals surface area contributed by atoms with Crippen molar-refractivity contribution in [1.29, 1.82) is 0 Å². The summed E-state index contributed by atoms with van der Waals surface area (Å²) in [6.45, 7) is 4.98. The first kappa shape index (κ1) is 12.0. The monoisotopic (exact) mass is 250 g/mol. The fourth-order valence-electron chi connectivity index (χ4n) is 1.33. The molecule has 0 spiro atoms. The van der Waals surface area contributed by atoms with Gasteiger partial charge in [0.2, 0.25) is 0 Å². The fourth-order valence-corrected chi connectivity index (χ4v) is 1.42. The van der Waals surface area contributed by atoms with Gasteiger partial charge < -0.3 is 5.32 Å². The highest BCUT2D eigenvalue weighted by molar-refractivity contribution is 6.18. The zero-order chi connectivity index (χ0) is 12.3. The topological polar surface area (TPSA) is 50.7 Å². The van der Waals surface area contributed by atoms with E-state index in [4.69, 9.17) is 11.6 Å². The largest absolute Gasteiger partial charge is 0.369 e. The van der Waals surface area contributed by atoms with E-state index in [1.807, 2.05) is 12.1 Å². The van der Waals surface area contributed by atoms with E-state index in [2.05, 4.69) is 34.1 Å². The molecule has 0 aliphatic carbocycles. The summed E-state index contributed by atoms with van der Waals surface area (Å²) in [6.07, 6.45) is 3.30. The van der Waals surface area contributed by atoms with Gasteiger partial charge in [0.15, 0.2) is 5.65 Å². The van der Waals surface area contributed by atoms with E-state index in [1.54, 1.807) is 12.4 Å². The Labute approximate surface area is 105 Å². The maximum Gasteiger partial charge on any atom is 0.180 e. The first-order chi connectivity index (χ1) is 8.11. The molecule has 2 aromatic heterocycles. The lowest BCUT2D eigenvalue weighted by molar-refractivity contribution is 0.449. The molecule has 0 atom stereocenters. The molecule has 0 amide bonds. The SMILES string of the molecule is CC(C)(CCl)CNc1ccc2nccnc2n1. The summed E-state index contributed by atoms with van der Waals surface area (Å²) in [5.74, 6) is 1.41. The number of halogens is 1. The highest BCUT2D eigenvalue weighted by Crippen LogP contribution is 2.18. The zero-order valence-electron chi connectivity index (χ0n) is 9.94. The van der Waals surface area contributed by atoms with E-state index >= 15 is 0 Å². The van der Waals surface area contributed by atoms with E-state index in [0.29, 0.717) is 11.5 Å². The van der Waals surface area contributed by atoms with Crippen molar-refractivity contribution in [3.63, 3.8) is 0 Å². The molecule has 0 radical (unpaired) electrons. The second kappa shape index (κ2) is 4.84. The van der Waals surface area contributed by atoms with Gasteiger partial charge in [-0.15, -0.1) is 11.6 Å². The Morgan fingerprint density at radius 2 is 2.00 bits per heavy atom. The van der Waals surface area contributed by atoms with Crippen LogP contribution in [0.1, 0.15) is 13.8 Å². The summed E-state index contributed by atoms with van der Waals surface area (Å²) in [4.78, 5) is 12.7. The number of aromatic nitrogens is 3. The predicted molar refractivity (Wildman–Crippen MR) is 70.3 cm³/mol. The van der Waals surface area contributed by atoms with Crippen LogP contribution in [0, 0.1) is 5.41 Å².